The van der Waals surface area contributed by atoms with Crippen LogP contribution in [0.4, 0.5) is 0 Å². The Morgan fingerprint density at radius 3 is 1.37 bits per heavy atom. The van der Waals surface area contributed by atoms with Crippen LogP contribution in [0.3, 0.4) is 0 Å². The molecule has 0 aliphatic carbocycles. The van der Waals surface area contributed by atoms with Crippen molar-refractivity contribution >= 4 is 47.6 Å². The maximum absolute atomic E-state index is 11.9. The van der Waals surface area contributed by atoms with Crippen LogP contribution in [0.5, 0.6) is 0 Å². The lowest BCUT2D eigenvalue weighted by molar-refractivity contribution is -0.319. The summed E-state index contributed by atoms with van der Waals surface area (Å²) in [5, 5.41) is 85.8. The van der Waals surface area contributed by atoms with Crippen LogP contribution < -0.4 is 10.6 Å². The van der Waals surface area contributed by atoms with Crippen LogP contribution in [0.25, 0.3) is 0 Å². The van der Waals surface area contributed by atoms with E-state index in [0.29, 0.717) is 0 Å². The predicted octanol–water partition coefficient (Wildman–Crippen LogP) is -3.73. The highest BCUT2D eigenvalue weighted by atomic mass is 16.7. The van der Waals surface area contributed by atoms with Crippen molar-refractivity contribution in [1.29, 1.82) is 0 Å². The average Bonchev–Trinajstić information content (AvgIpc) is 3.31. The molecule has 4 aliphatic rings. The molecular formula is C44H64N2O25. The third kappa shape index (κ3) is 17.0. The third-order valence-electron chi connectivity index (χ3n) is 11.3. The summed E-state index contributed by atoms with van der Waals surface area (Å²) in [5.74, 6) is -8.76. The summed E-state index contributed by atoms with van der Waals surface area (Å²) >= 11 is 0. The zero-order valence-electron chi connectivity index (χ0n) is 39.6. The molecule has 4 aliphatic heterocycles. The monoisotopic (exact) mass is 1020 g/mol. The van der Waals surface area contributed by atoms with Crippen LogP contribution in [-0.2, 0) is 81.0 Å². The Balaban J connectivity index is 0.000000424. The maximum Gasteiger partial charge on any atom is 0.338 e. The average molecular weight is 1020 g/mol. The molecular weight excluding hydrogens is 956 g/mol. The van der Waals surface area contributed by atoms with Gasteiger partial charge in [-0.25, -0.2) is 28.8 Å². The van der Waals surface area contributed by atoms with Crippen LogP contribution in [0, 0.1) is 11.8 Å². The van der Waals surface area contributed by atoms with E-state index >= 15 is 0 Å². The molecule has 27 nitrogen and oxygen atoms in total. The fourth-order valence-electron chi connectivity index (χ4n) is 7.55. The lowest BCUT2D eigenvalue weighted by atomic mass is 9.89. The SMILES string of the molecule is C=CC(=O)OC(=O)C=C.C=CC(=O)OCC1OC(C)C(NC(C)=O)C(OC2OC(C(=O)O)C(C)C(O)C2OC(=O)C=C)C1O.CC(=O)NC1C(C)OC(CO)C(O)C1OC1OC(C(=O)O)C(C)C(O)C1O. The van der Waals surface area contributed by atoms with Crippen LogP contribution in [0.2, 0.25) is 0 Å². The molecule has 0 radical (unpaired) electrons. The van der Waals surface area contributed by atoms with Gasteiger partial charge in [0.05, 0.1) is 37.0 Å². The van der Waals surface area contributed by atoms with Crippen LogP contribution in [0.1, 0.15) is 41.5 Å². The van der Waals surface area contributed by atoms with E-state index in [1.54, 1.807) is 13.8 Å². The van der Waals surface area contributed by atoms with E-state index in [2.05, 4.69) is 41.7 Å². The van der Waals surface area contributed by atoms with Gasteiger partial charge in [-0.1, -0.05) is 40.2 Å². The number of carbonyl (C=O) groups excluding carboxylic acids is 6. The van der Waals surface area contributed by atoms with Gasteiger partial charge in [-0.05, 0) is 13.8 Å². The van der Waals surface area contributed by atoms with Crippen molar-refractivity contribution in [2.24, 2.45) is 11.8 Å². The number of amides is 2. The Kier molecular flexibility index (Phi) is 24.7. The first kappa shape index (κ1) is 61.6. The summed E-state index contributed by atoms with van der Waals surface area (Å²) in [4.78, 5) is 90.0. The number of carboxylic acids is 2. The third-order valence-corrected chi connectivity index (χ3v) is 11.3. The zero-order chi connectivity index (χ0) is 54.2. The number of aliphatic hydroxyl groups is 6. The van der Waals surface area contributed by atoms with Gasteiger partial charge in [0.2, 0.25) is 11.8 Å². The number of ether oxygens (including phenoxy) is 9. The van der Waals surface area contributed by atoms with Gasteiger partial charge in [-0.3, -0.25) is 9.59 Å². The number of hydrogen-bond acceptors (Lipinski definition) is 23. The number of aliphatic hydroxyl groups excluding tert-OH is 6. The number of carbonyl (C=O) groups is 8. The minimum atomic E-state index is -1.66. The fraction of sp³-hybridized carbons (Fsp3) is 0.636. The maximum atomic E-state index is 11.9. The lowest BCUT2D eigenvalue weighted by Gasteiger charge is -2.47. The summed E-state index contributed by atoms with van der Waals surface area (Å²) in [6.45, 7) is 20.3. The van der Waals surface area contributed by atoms with Crippen LogP contribution in [0.15, 0.2) is 50.6 Å². The van der Waals surface area contributed by atoms with Gasteiger partial charge in [0.25, 0.3) is 0 Å². The molecule has 71 heavy (non-hydrogen) atoms. The molecule has 4 heterocycles. The molecule has 10 N–H and O–H groups in total. The molecule has 400 valence electrons. The number of aliphatic carboxylic acids is 2. The highest BCUT2D eigenvalue weighted by Crippen LogP contribution is 2.34. The highest BCUT2D eigenvalue weighted by Gasteiger charge is 2.54. The highest BCUT2D eigenvalue weighted by molar-refractivity contribution is 5.95. The van der Waals surface area contributed by atoms with E-state index in [1.165, 1.54) is 27.7 Å². The molecule has 0 spiro atoms. The molecule has 4 saturated heterocycles. The molecule has 0 aromatic carbocycles. The largest absolute Gasteiger partial charge is 0.479 e. The summed E-state index contributed by atoms with van der Waals surface area (Å²) in [7, 11) is 0. The quantitative estimate of drug-likeness (QED) is 0.0307. The molecule has 2 amide bonds. The topological polar surface area (TPSA) is 406 Å². The van der Waals surface area contributed by atoms with Crippen molar-refractivity contribution in [3.63, 3.8) is 0 Å². The first-order chi connectivity index (χ1) is 33.2. The molecule has 4 fully saturated rings. The molecule has 20 atom stereocenters. The van der Waals surface area contributed by atoms with Crippen molar-refractivity contribution in [2.75, 3.05) is 13.2 Å². The van der Waals surface area contributed by atoms with Crippen molar-refractivity contribution in [3.05, 3.63) is 50.6 Å². The van der Waals surface area contributed by atoms with Gasteiger partial charge in [0.1, 0.15) is 55.4 Å². The van der Waals surface area contributed by atoms with E-state index in [9.17, 15) is 79.2 Å². The fourth-order valence-corrected chi connectivity index (χ4v) is 7.55. The molecule has 0 aromatic heterocycles. The van der Waals surface area contributed by atoms with E-state index < -0.39 is 176 Å². The van der Waals surface area contributed by atoms with Crippen LogP contribution >= 0.6 is 0 Å². The zero-order valence-corrected chi connectivity index (χ0v) is 39.6. The van der Waals surface area contributed by atoms with Gasteiger partial charge in [0, 0.05) is 50.0 Å². The van der Waals surface area contributed by atoms with E-state index in [4.69, 9.17) is 37.9 Å². The predicted molar refractivity (Wildman–Crippen MR) is 234 cm³/mol. The molecule has 0 bridgehead atoms. The summed E-state index contributed by atoms with van der Waals surface area (Å²) in [5.41, 5.74) is 0. The number of esters is 4. The second-order valence-corrected chi connectivity index (χ2v) is 16.4. The smallest absolute Gasteiger partial charge is 0.338 e. The van der Waals surface area contributed by atoms with Gasteiger partial charge in [-0.2, -0.15) is 0 Å². The summed E-state index contributed by atoms with van der Waals surface area (Å²) < 4.78 is 47.6. The molecule has 20 unspecified atom stereocenters. The molecule has 0 saturated carbocycles. The van der Waals surface area contributed by atoms with Crippen molar-refractivity contribution < 1.29 is 122 Å². The van der Waals surface area contributed by atoms with E-state index in [0.717, 1.165) is 24.3 Å². The summed E-state index contributed by atoms with van der Waals surface area (Å²) in [6.07, 6.45) is -17.7. The minimum absolute atomic E-state index is 0.388. The van der Waals surface area contributed by atoms with Crippen molar-refractivity contribution in [1.82, 2.24) is 10.6 Å². The molecule has 0 aromatic rings. The van der Waals surface area contributed by atoms with E-state index in [-0.39, 0.29) is 6.61 Å². The first-order valence-corrected chi connectivity index (χ1v) is 21.8. The van der Waals surface area contributed by atoms with Crippen molar-refractivity contribution in [3.8, 4) is 0 Å². The Bertz CT molecular complexity index is 1900. The normalized spacial score (nSPS) is 36.4. The van der Waals surface area contributed by atoms with Gasteiger partial charge in [-0.15, -0.1) is 0 Å². The number of hydrogen-bond donors (Lipinski definition) is 10. The second kappa shape index (κ2) is 28.5. The molecule has 4 rings (SSSR count). The molecule has 27 heteroatoms. The number of carboxylic acid groups (broad SMARTS) is 2. The second-order valence-electron chi connectivity index (χ2n) is 16.4. The van der Waals surface area contributed by atoms with Crippen molar-refractivity contribution in [2.45, 2.75) is 152 Å². The summed E-state index contributed by atoms with van der Waals surface area (Å²) in [6, 6.07) is -1.84. The Morgan fingerprint density at radius 2 is 0.944 bits per heavy atom. The lowest BCUT2D eigenvalue weighted by Crippen LogP contribution is -2.67. The first-order valence-electron chi connectivity index (χ1n) is 21.8. The van der Waals surface area contributed by atoms with Gasteiger partial charge < -0.3 is 94.1 Å². The Labute approximate surface area is 406 Å². The van der Waals surface area contributed by atoms with Gasteiger partial charge in [0.15, 0.2) is 30.9 Å². The Hall–Kier alpha value is -5.56. The minimum Gasteiger partial charge on any atom is -0.479 e. The van der Waals surface area contributed by atoms with Gasteiger partial charge >= 0.3 is 35.8 Å². The Morgan fingerprint density at radius 1 is 0.535 bits per heavy atom. The standard InChI is InChI=1S/C22H31NO12.C16H27NO10.C6H6O3/c1-6-13(25)31-8-12-17(28)19(15(10(4)32-12)23-11(5)24)35-22-20(33-14(26)7-2)16(27)9(3)18(34-22)21(29)30;1-5-10(20)12(22)16(26-13(5)15(23)24)27-14-9(17-7(3)19)6(2)25-8(4-18)11(14)21;1-3-5(7)9-6(8)4-2/h6-7,9-10,12,15-20,22,27-28H,1-2,8H2,3-5H3,(H,23,24)(H,29,30);5-6,8-14,16,18,20-22H,4H2,1-3H3,(H,17,19)(H,23,24);3-4H,1-2H2. The van der Waals surface area contributed by atoms with E-state index in [1.807, 2.05) is 0 Å². The number of nitrogens with one attached hydrogen (secondary N) is 2. The van der Waals surface area contributed by atoms with Crippen LogP contribution in [-0.4, -0.2) is 212 Å². The number of rotatable bonds is 16.